The van der Waals surface area contributed by atoms with E-state index in [0.717, 1.165) is 30.6 Å². The third-order valence-corrected chi connectivity index (χ3v) is 3.32. The average molecular weight is 220 g/mol. The van der Waals surface area contributed by atoms with Crippen molar-refractivity contribution in [3.8, 4) is 0 Å². The highest BCUT2D eigenvalue weighted by molar-refractivity contribution is 5.28. The summed E-state index contributed by atoms with van der Waals surface area (Å²) < 4.78 is 5.37. The molecular weight excluding hydrogens is 200 g/mol. The van der Waals surface area contributed by atoms with Crippen LogP contribution in [0.2, 0.25) is 0 Å². The first-order valence-electron chi connectivity index (χ1n) is 6.26. The molecule has 0 amide bonds. The Kier molecular flexibility index (Phi) is 3.83. The number of aryl methyl sites for hydroxylation is 1. The van der Waals surface area contributed by atoms with Crippen LogP contribution in [-0.4, -0.2) is 5.11 Å². The van der Waals surface area contributed by atoms with Crippen molar-refractivity contribution in [3.05, 3.63) is 35.3 Å². The van der Waals surface area contributed by atoms with Crippen LogP contribution < -0.4 is 0 Å². The minimum absolute atomic E-state index is 0.452. The van der Waals surface area contributed by atoms with Gasteiger partial charge < -0.3 is 9.52 Å². The molecule has 2 nitrogen and oxygen atoms in total. The smallest absolute Gasteiger partial charge is 0.109 e. The van der Waals surface area contributed by atoms with Crippen LogP contribution in [-0.2, 0) is 6.42 Å². The molecule has 16 heavy (non-hydrogen) atoms. The largest absolute Gasteiger partial charge is 0.469 e. The lowest BCUT2D eigenvalue weighted by molar-refractivity contribution is 0.208. The fourth-order valence-corrected chi connectivity index (χ4v) is 2.37. The number of allylic oxidation sites excluding steroid dienone is 1. The third kappa shape index (κ3) is 2.38. The normalized spacial score (nSPS) is 19.0. The Morgan fingerprint density at radius 1 is 1.38 bits per heavy atom. The van der Waals surface area contributed by atoms with Crippen LogP contribution in [0.25, 0.3) is 0 Å². The Morgan fingerprint density at radius 2 is 2.25 bits per heavy atom. The number of aliphatic hydroxyl groups is 1. The van der Waals surface area contributed by atoms with E-state index < -0.39 is 6.10 Å². The highest BCUT2D eigenvalue weighted by Gasteiger charge is 2.18. The second kappa shape index (κ2) is 5.35. The molecule has 1 N–H and O–H groups in total. The van der Waals surface area contributed by atoms with Crippen LogP contribution in [0.3, 0.4) is 0 Å². The molecule has 2 rings (SSSR count). The van der Waals surface area contributed by atoms with E-state index in [-0.39, 0.29) is 0 Å². The van der Waals surface area contributed by atoms with Gasteiger partial charge in [0.05, 0.1) is 6.26 Å². The molecule has 0 aliphatic heterocycles. The average Bonchev–Trinajstić information content (AvgIpc) is 2.61. The summed E-state index contributed by atoms with van der Waals surface area (Å²) in [7, 11) is 0. The van der Waals surface area contributed by atoms with Crippen molar-refractivity contribution < 1.29 is 9.52 Å². The fraction of sp³-hybridized carbons (Fsp3) is 0.571. The Hall–Kier alpha value is -1.02. The summed E-state index contributed by atoms with van der Waals surface area (Å²) >= 11 is 0. The number of aliphatic hydroxyl groups excluding tert-OH is 1. The quantitative estimate of drug-likeness (QED) is 0.787. The van der Waals surface area contributed by atoms with Crippen molar-refractivity contribution in [1.29, 1.82) is 0 Å². The van der Waals surface area contributed by atoms with Gasteiger partial charge in [0, 0.05) is 12.0 Å². The van der Waals surface area contributed by atoms with Gasteiger partial charge in [-0.05, 0) is 37.3 Å². The van der Waals surface area contributed by atoms with Crippen molar-refractivity contribution in [3.63, 3.8) is 0 Å². The number of hydrogen-bond acceptors (Lipinski definition) is 2. The van der Waals surface area contributed by atoms with E-state index in [9.17, 15) is 5.11 Å². The van der Waals surface area contributed by atoms with E-state index in [2.05, 4.69) is 13.0 Å². The summed E-state index contributed by atoms with van der Waals surface area (Å²) in [5, 5.41) is 10.3. The Labute approximate surface area is 97.0 Å². The molecule has 1 heterocycles. The summed E-state index contributed by atoms with van der Waals surface area (Å²) in [5.74, 6) is 0.914. The molecule has 0 fully saturated rings. The van der Waals surface area contributed by atoms with Gasteiger partial charge in [-0.3, -0.25) is 0 Å². The Morgan fingerprint density at radius 3 is 3.06 bits per heavy atom. The monoisotopic (exact) mass is 220 g/mol. The maximum absolute atomic E-state index is 10.3. The van der Waals surface area contributed by atoms with Gasteiger partial charge in [-0.1, -0.05) is 19.4 Å². The van der Waals surface area contributed by atoms with Gasteiger partial charge in [0.1, 0.15) is 11.9 Å². The van der Waals surface area contributed by atoms with Crippen molar-refractivity contribution in [2.75, 3.05) is 0 Å². The molecule has 0 aromatic carbocycles. The van der Waals surface area contributed by atoms with Crippen LogP contribution in [0.5, 0.6) is 0 Å². The van der Waals surface area contributed by atoms with Gasteiger partial charge in [-0.15, -0.1) is 0 Å². The van der Waals surface area contributed by atoms with Gasteiger partial charge in [-0.2, -0.15) is 0 Å². The van der Waals surface area contributed by atoms with Crippen molar-refractivity contribution >= 4 is 0 Å². The first-order valence-corrected chi connectivity index (χ1v) is 6.26. The second-order valence-corrected chi connectivity index (χ2v) is 4.43. The summed E-state index contributed by atoms with van der Waals surface area (Å²) in [4.78, 5) is 0. The zero-order valence-electron chi connectivity index (χ0n) is 9.91. The summed E-state index contributed by atoms with van der Waals surface area (Å²) in [6.45, 7) is 2.05. The summed E-state index contributed by atoms with van der Waals surface area (Å²) in [5.41, 5.74) is 2.13. The van der Waals surface area contributed by atoms with Gasteiger partial charge in [0.2, 0.25) is 0 Å². The van der Waals surface area contributed by atoms with E-state index in [1.807, 2.05) is 6.07 Å². The van der Waals surface area contributed by atoms with Crippen molar-refractivity contribution in [1.82, 2.24) is 0 Å². The van der Waals surface area contributed by atoms with Crippen LogP contribution >= 0.6 is 0 Å². The first kappa shape index (κ1) is 11.5. The molecule has 1 aliphatic carbocycles. The predicted octanol–water partition coefficient (Wildman–Crippen LogP) is 3.77. The topological polar surface area (TPSA) is 33.4 Å². The third-order valence-electron chi connectivity index (χ3n) is 3.32. The standard InChI is InChI=1S/C14H20O2/c1-2-13-12(9-10-16-13)14(15)11-7-5-3-4-6-8-11/h7,9-10,14-15H,2-6,8H2,1H3. The van der Waals surface area contributed by atoms with Crippen LogP contribution in [0, 0.1) is 0 Å². The predicted molar refractivity (Wildman–Crippen MR) is 64.2 cm³/mol. The highest BCUT2D eigenvalue weighted by atomic mass is 16.3. The highest BCUT2D eigenvalue weighted by Crippen LogP contribution is 2.31. The lowest BCUT2D eigenvalue weighted by Gasteiger charge is -2.14. The minimum atomic E-state index is -0.452. The lowest BCUT2D eigenvalue weighted by Crippen LogP contribution is -2.02. The molecular formula is C14H20O2. The maximum Gasteiger partial charge on any atom is 0.109 e. The maximum atomic E-state index is 10.3. The molecule has 1 atom stereocenters. The van der Waals surface area contributed by atoms with E-state index in [4.69, 9.17) is 4.42 Å². The second-order valence-electron chi connectivity index (χ2n) is 4.43. The van der Waals surface area contributed by atoms with Crippen molar-refractivity contribution in [2.24, 2.45) is 0 Å². The van der Waals surface area contributed by atoms with E-state index in [0.29, 0.717) is 0 Å². The Bertz CT molecular complexity index is 363. The van der Waals surface area contributed by atoms with Gasteiger partial charge in [-0.25, -0.2) is 0 Å². The summed E-state index contributed by atoms with van der Waals surface area (Å²) in [6, 6.07) is 1.90. The number of hydrogen-bond donors (Lipinski definition) is 1. The molecule has 0 radical (unpaired) electrons. The first-order chi connectivity index (χ1) is 7.83. The number of furan rings is 1. The molecule has 0 saturated carbocycles. The van der Waals surface area contributed by atoms with Gasteiger partial charge >= 0.3 is 0 Å². The van der Waals surface area contributed by atoms with E-state index in [1.54, 1.807) is 6.26 Å². The molecule has 1 aromatic rings. The Balaban J connectivity index is 2.17. The van der Waals surface area contributed by atoms with E-state index in [1.165, 1.54) is 24.8 Å². The van der Waals surface area contributed by atoms with Crippen LogP contribution in [0.1, 0.15) is 56.5 Å². The fourth-order valence-electron chi connectivity index (χ4n) is 2.37. The lowest BCUT2D eigenvalue weighted by atomic mass is 9.97. The SMILES string of the molecule is CCc1occc1C(O)C1=CCCCCC1. The molecule has 2 heteroatoms. The molecule has 1 aromatic heterocycles. The zero-order chi connectivity index (χ0) is 11.4. The van der Waals surface area contributed by atoms with Crippen molar-refractivity contribution in [2.45, 2.75) is 51.6 Å². The number of rotatable bonds is 3. The van der Waals surface area contributed by atoms with Crippen LogP contribution in [0.4, 0.5) is 0 Å². The molecule has 0 spiro atoms. The van der Waals surface area contributed by atoms with Gasteiger partial charge in [0.15, 0.2) is 0 Å². The molecule has 88 valence electrons. The van der Waals surface area contributed by atoms with E-state index >= 15 is 0 Å². The molecule has 1 unspecified atom stereocenters. The van der Waals surface area contributed by atoms with Crippen LogP contribution in [0.15, 0.2) is 28.4 Å². The summed E-state index contributed by atoms with van der Waals surface area (Å²) in [6.07, 6.45) is 10.1. The zero-order valence-corrected chi connectivity index (χ0v) is 9.91. The molecule has 0 bridgehead atoms. The molecule has 0 saturated heterocycles. The minimum Gasteiger partial charge on any atom is -0.469 e. The van der Waals surface area contributed by atoms with Gasteiger partial charge in [0.25, 0.3) is 0 Å². The molecule has 1 aliphatic rings.